The van der Waals surface area contributed by atoms with Gasteiger partial charge in [-0.25, -0.2) is 14.8 Å². The standard InChI is InChI=1S/C19H23N5O/c25-19(22-17(16-7-8-16)15-5-2-1-3-6-15)24-13-11-23(12-14-24)18-20-9-4-10-21-18/h1-6,9-10,16-17H,7-8,11-14H2,(H,22,25)/t17-/m0/s1. The van der Waals surface area contributed by atoms with Crippen LogP contribution in [0.15, 0.2) is 48.8 Å². The van der Waals surface area contributed by atoms with Gasteiger partial charge in [-0.15, -0.1) is 0 Å². The predicted octanol–water partition coefficient (Wildman–Crippen LogP) is 2.46. The lowest BCUT2D eigenvalue weighted by molar-refractivity contribution is 0.188. The molecule has 0 spiro atoms. The van der Waals surface area contributed by atoms with Crippen LogP contribution in [0.25, 0.3) is 0 Å². The number of hydrogen-bond donors (Lipinski definition) is 1. The molecule has 1 atom stereocenters. The number of carbonyl (C=O) groups excluding carboxylic acids is 1. The molecular formula is C19H23N5O. The van der Waals surface area contributed by atoms with E-state index in [1.165, 1.54) is 18.4 Å². The summed E-state index contributed by atoms with van der Waals surface area (Å²) in [6.07, 6.45) is 5.89. The summed E-state index contributed by atoms with van der Waals surface area (Å²) < 4.78 is 0. The van der Waals surface area contributed by atoms with Crippen LogP contribution >= 0.6 is 0 Å². The van der Waals surface area contributed by atoms with Gasteiger partial charge in [0.05, 0.1) is 6.04 Å². The fraction of sp³-hybridized carbons (Fsp3) is 0.421. The first-order valence-corrected chi connectivity index (χ1v) is 8.93. The topological polar surface area (TPSA) is 61.4 Å². The minimum atomic E-state index is 0.0365. The van der Waals surface area contributed by atoms with Crippen LogP contribution in [0.4, 0.5) is 10.7 Å². The molecule has 1 saturated carbocycles. The molecule has 6 nitrogen and oxygen atoms in total. The maximum Gasteiger partial charge on any atom is 0.318 e. The van der Waals surface area contributed by atoms with Crippen LogP contribution in [-0.4, -0.2) is 47.1 Å². The van der Waals surface area contributed by atoms with Crippen molar-refractivity contribution in [2.45, 2.75) is 18.9 Å². The number of urea groups is 1. The Kier molecular flexibility index (Phi) is 4.50. The van der Waals surface area contributed by atoms with Crippen molar-refractivity contribution >= 4 is 12.0 Å². The Morgan fingerprint density at radius 3 is 2.32 bits per heavy atom. The van der Waals surface area contributed by atoms with E-state index < -0.39 is 0 Å². The number of aromatic nitrogens is 2. The van der Waals surface area contributed by atoms with Crippen LogP contribution in [0, 0.1) is 5.92 Å². The van der Waals surface area contributed by atoms with Crippen molar-refractivity contribution in [3.8, 4) is 0 Å². The second kappa shape index (κ2) is 7.09. The number of rotatable bonds is 4. The van der Waals surface area contributed by atoms with Gasteiger partial charge in [0.25, 0.3) is 0 Å². The van der Waals surface area contributed by atoms with Gasteiger partial charge in [-0.2, -0.15) is 0 Å². The van der Waals surface area contributed by atoms with E-state index >= 15 is 0 Å². The van der Waals surface area contributed by atoms with Crippen molar-refractivity contribution in [3.05, 3.63) is 54.4 Å². The Balaban J connectivity index is 1.36. The molecule has 25 heavy (non-hydrogen) atoms. The molecule has 2 heterocycles. The summed E-state index contributed by atoms with van der Waals surface area (Å²) >= 11 is 0. The zero-order chi connectivity index (χ0) is 17.1. The van der Waals surface area contributed by atoms with Crippen LogP contribution < -0.4 is 10.2 Å². The molecule has 2 fully saturated rings. The monoisotopic (exact) mass is 337 g/mol. The summed E-state index contributed by atoms with van der Waals surface area (Å²) in [4.78, 5) is 25.3. The Morgan fingerprint density at radius 2 is 1.68 bits per heavy atom. The summed E-state index contributed by atoms with van der Waals surface area (Å²) in [6.45, 7) is 2.90. The van der Waals surface area contributed by atoms with E-state index in [2.05, 4.69) is 32.3 Å². The summed E-state index contributed by atoms with van der Waals surface area (Å²) in [6, 6.07) is 12.3. The van der Waals surface area contributed by atoms with Gasteiger partial charge in [0, 0.05) is 38.6 Å². The molecule has 2 aliphatic rings. The highest BCUT2D eigenvalue weighted by molar-refractivity contribution is 5.75. The number of hydrogen-bond acceptors (Lipinski definition) is 4. The van der Waals surface area contributed by atoms with E-state index in [9.17, 15) is 4.79 Å². The van der Waals surface area contributed by atoms with Gasteiger partial charge in [-0.3, -0.25) is 0 Å². The lowest BCUT2D eigenvalue weighted by Gasteiger charge is -2.35. The first kappa shape index (κ1) is 15.9. The average molecular weight is 337 g/mol. The molecule has 0 radical (unpaired) electrons. The van der Waals surface area contributed by atoms with Crippen molar-refractivity contribution in [2.75, 3.05) is 31.1 Å². The van der Waals surface area contributed by atoms with E-state index in [0.29, 0.717) is 19.0 Å². The van der Waals surface area contributed by atoms with Crippen molar-refractivity contribution in [3.63, 3.8) is 0 Å². The van der Waals surface area contributed by atoms with Crippen LogP contribution in [0.2, 0.25) is 0 Å². The minimum Gasteiger partial charge on any atom is -0.337 e. The Morgan fingerprint density at radius 1 is 1.00 bits per heavy atom. The van der Waals surface area contributed by atoms with Crippen LogP contribution in [0.5, 0.6) is 0 Å². The lowest BCUT2D eigenvalue weighted by Crippen LogP contribution is -2.52. The summed E-state index contributed by atoms with van der Waals surface area (Å²) in [5.74, 6) is 1.31. The zero-order valence-corrected chi connectivity index (χ0v) is 14.2. The van der Waals surface area contributed by atoms with Crippen molar-refractivity contribution in [1.82, 2.24) is 20.2 Å². The van der Waals surface area contributed by atoms with Gasteiger partial charge in [-0.05, 0) is 30.4 Å². The van der Waals surface area contributed by atoms with Crippen LogP contribution in [0.1, 0.15) is 24.4 Å². The second-order valence-electron chi connectivity index (χ2n) is 6.70. The SMILES string of the molecule is O=C(N[C@@H](c1ccccc1)C1CC1)N1CCN(c2ncccn2)CC1. The molecule has 1 aromatic heterocycles. The van der Waals surface area contributed by atoms with E-state index in [4.69, 9.17) is 0 Å². The molecular weight excluding hydrogens is 314 g/mol. The van der Waals surface area contributed by atoms with E-state index in [1.807, 2.05) is 29.2 Å². The Bertz CT molecular complexity index is 696. The molecule has 2 amide bonds. The fourth-order valence-electron chi connectivity index (χ4n) is 3.35. The molecule has 1 aliphatic heterocycles. The number of amides is 2. The molecule has 1 aromatic carbocycles. The lowest BCUT2D eigenvalue weighted by atomic mass is 10.0. The van der Waals surface area contributed by atoms with Gasteiger partial charge in [0.2, 0.25) is 5.95 Å². The summed E-state index contributed by atoms with van der Waals surface area (Å²) in [5, 5.41) is 3.26. The first-order valence-electron chi connectivity index (χ1n) is 8.93. The second-order valence-corrected chi connectivity index (χ2v) is 6.70. The molecule has 1 N–H and O–H groups in total. The van der Waals surface area contributed by atoms with E-state index in [0.717, 1.165) is 19.0 Å². The average Bonchev–Trinajstić information content (AvgIpc) is 3.52. The predicted molar refractivity (Wildman–Crippen MR) is 96.3 cm³/mol. The highest BCUT2D eigenvalue weighted by Crippen LogP contribution is 2.41. The van der Waals surface area contributed by atoms with Crippen molar-refractivity contribution < 1.29 is 4.79 Å². The third kappa shape index (κ3) is 3.73. The molecule has 0 bridgehead atoms. The maximum absolute atomic E-state index is 12.7. The summed E-state index contributed by atoms with van der Waals surface area (Å²) in [7, 11) is 0. The normalized spacial score (nSPS) is 18.7. The molecule has 4 rings (SSSR count). The minimum absolute atomic E-state index is 0.0365. The van der Waals surface area contributed by atoms with E-state index in [1.54, 1.807) is 12.4 Å². The highest BCUT2D eigenvalue weighted by Gasteiger charge is 2.34. The quantitative estimate of drug-likeness (QED) is 0.931. The Hall–Kier alpha value is -2.63. The first-order chi connectivity index (χ1) is 12.3. The number of carbonyl (C=O) groups is 1. The molecule has 1 saturated heterocycles. The molecule has 1 aliphatic carbocycles. The summed E-state index contributed by atoms with van der Waals surface area (Å²) in [5.41, 5.74) is 1.20. The Labute approximate surface area is 147 Å². The maximum atomic E-state index is 12.7. The van der Waals surface area contributed by atoms with Gasteiger partial charge < -0.3 is 15.1 Å². The van der Waals surface area contributed by atoms with Crippen molar-refractivity contribution in [2.24, 2.45) is 5.92 Å². The van der Waals surface area contributed by atoms with Crippen LogP contribution in [0.3, 0.4) is 0 Å². The van der Waals surface area contributed by atoms with Gasteiger partial charge >= 0.3 is 6.03 Å². The third-order valence-corrected chi connectivity index (χ3v) is 4.93. The largest absolute Gasteiger partial charge is 0.337 e. The third-order valence-electron chi connectivity index (χ3n) is 4.93. The number of anilines is 1. The number of piperazine rings is 1. The van der Waals surface area contributed by atoms with E-state index in [-0.39, 0.29) is 12.1 Å². The molecule has 2 aromatic rings. The number of benzene rings is 1. The molecule has 130 valence electrons. The molecule has 0 unspecified atom stereocenters. The number of nitrogens with one attached hydrogen (secondary N) is 1. The zero-order valence-electron chi connectivity index (χ0n) is 14.2. The highest BCUT2D eigenvalue weighted by atomic mass is 16.2. The van der Waals surface area contributed by atoms with Gasteiger partial charge in [0.1, 0.15) is 0 Å². The van der Waals surface area contributed by atoms with Crippen molar-refractivity contribution in [1.29, 1.82) is 0 Å². The van der Waals surface area contributed by atoms with Crippen LogP contribution in [-0.2, 0) is 0 Å². The van der Waals surface area contributed by atoms with Gasteiger partial charge in [0.15, 0.2) is 0 Å². The number of nitrogens with zero attached hydrogens (tertiary/aromatic N) is 4. The molecule has 6 heteroatoms. The van der Waals surface area contributed by atoms with Gasteiger partial charge in [-0.1, -0.05) is 30.3 Å². The fourth-order valence-corrected chi connectivity index (χ4v) is 3.35. The smallest absolute Gasteiger partial charge is 0.318 e.